The van der Waals surface area contributed by atoms with E-state index in [2.05, 4.69) is 22.5 Å². The summed E-state index contributed by atoms with van der Waals surface area (Å²) in [6, 6.07) is 6.62. The first-order chi connectivity index (χ1) is 19.3. The Morgan fingerprint density at radius 3 is 2.44 bits per heavy atom. The Balaban J connectivity index is 0.00000462. The van der Waals surface area contributed by atoms with Gasteiger partial charge < -0.3 is 30.3 Å². The van der Waals surface area contributed by atoms with Crippen LogP contribution in [-0.4, -0.2) is 89.6 Å². The highest BCUT2D eigenvalue weighted by atomic mass is 35.5. The van der Waals surface area contributed by atoms with Crippen LogP contribution in [0.4, 0.5) is 0 Å². The summed E-state index contributed by atoms with van der Waals surface area (Å²) in [5, 5.41) is 16.8. The number of nitrogens with zero attached hydrogens (tertiary/aromatic N) is 2. The second-order valence-corrected chi connectivity index (χ2v) is 11.9. The zero-order valence-corrected chi connectivity index (χ0v) is 25.6. The second-order valence-electron chi connectivity index (χ2n) is 11.9. The lowest BCUT2D eigenvalue weighted by atomic mass is 9.77. The van der Waals surface area contributed by atoms with Gasteiger partial charge in [-0.2, -0.15) is 0 Å². The lowest BCUT2D eigenvalue weighted by molar-refractivity contribution is -0.163. The normalized spacial score (nSPS) is 22.1. The first-order valence-electron chi connectivity index (χ1n) is 15.3. The number of nitrogens with one attached hydrogen (secondary N) is 2. The second kappa shape index (κ2) is 15.2. The van der Waals surface area contributed by atoms with E-state index in [-0.39, 0.29) is 30.1 Å². The monoisotopic (exact) mass is 592 g/mol. The van der Waals surface area contributed by atoms with Gasteiger partial charge in [0.2, 0.25) is 11.8 Å². The quantitative estimate of drug-likeness (QED) is 0.319. The number of piperidine rings is 1. The number of ether oxygens (including phenoxy) is 1. The van der Waals surface area contributed by atoms with Gasteiger partial charge in [-0.1, -0.05) is 44.7 Å². The summed E-state index contributed by atoms with van der Waals surface area (Å²) in [4.78, 5) is 43.7. The molecular weight excluding hydrogens is 544 g/mol. The summed E-state index contributed by atoms with van der Waals surface area (Å²) >= 11 is 0. The maximum Gasteiger partial charge on any atom is 0.254 e. The van der Waals surface area contributed by atoms with Crippen molar-refractivity contribution < 1.29 is 24.2 Å². The number of piperazine rings is 1. The fourth-order valence-corrected chi connectivity index (χ4v) is 6.63. The van der Waals surface area contributed by atoms with Crippen LogP contribution in [0.2, 0.25) is 0 Å². The molecule has 0 unspecified atom stereocenters. The molecule has 1 aliphatic carbocycles. The zero-order valence-electron chi connectivity index (χ0n) is 24.8. The van der Waals surface area contributed by atoms with Gasteiger partial charge in [0.1, 0.15) is 17.3 Å². The smallest absolute Gasteiger partial charge is 0.254 e. The van der Waals surface area contributed by atoms with Gasteiger partial charge in [-0.25, -0.2) is 0 Å². The van der Waals surface area contributed by atoms with E-state index >= 15 is 0 Å². The predicted molar refractivity (Wildman–Crippen MR) is 161 cm³/mol. The van der Waals surface area contributed by atoms with E-state index in [1.54, 1.807) is 13.1 Å². The van der Waals surface area contributed by atoms with Crippen molar-refractivity contribution in [3.63, 3.8) is 0 Å². The minimum Gasteiger partial charge on any atom is -0.493 e. The maximum atomic E-state index is 13.7. The third kappa shape index (κ3) is 7.93. The van der Waals surface area contributed by atoms with Crippen LogP contribution in [0.1, 0.15) is 94.3 Å². The molecule has 1 saturated carbocycles. The van der Waals surface area contributed by atoms with Crippen molar-refractivity contribution in [2.24, 2.45) is 0 Å². The Morgan fingerprint density at radius 1 is 1.05 bits per heavy atom. The van der Waals surface area contributed by atoms with Crippen LogP contribution in [0.3, 0.4) is 0 Å². The van der Waals surface area contributed by atoms with Crippen LogP contribution in [0.25, 0.3) is 0 Å². The molecule has 9 nitrogen and oxygen atoms in total. The highest BCUT2D eigenvalue weighted by molar-refractivity contribution is 6.00. The Kier molecular flexibility index (Phi) is 12.3. The molecular formula is C31H49ClN4O5. The molecule has 4 rings (SSSR count). The number of carbonyl (C=O) groups is 3. The number of likely N-dealkylation sites (tertiary alicyclic amines) is 1. The van der Waals surface area contributed by atoms with E-state index in [0.29, 0.717) is 56.6 Å². The lowest BCUT2D eigenvalue weighted by Crippen LogP contribution is -2.73. The maximum absolute atomic E-state index is 13.7. The Bertz CT molecular complexity index is 1020. The van der Waals surface area contributed by atoms with Crippen LogP contribution in [0, 0.1) is 0 Å². The van der Waals surface area contributed by atoms with Gasteiger partial charge in [0.15, 0.2) is 0 Å². The van der Waals surface area contributed by atoms with Gasteiger partial charge in [-0.3, -0.25) is 14.4 Å². The first kappa shape index (κ1) is 33.1. The molecule has 3 fully saturated rings. The molecule has 1 aromatic carbocycles. The molecule has 1 spiro atoms. The van der Waals surface area contributed by atoms with Crippen molar-refractivity contribution in [1.29, 1.82) is 0 Å². The number of halogens is 1. The first-order valence-corrected chi connectivity index (χ1v) is 15.3. The van der Waals surface area contributed by atoms with Gasteiger partial charge in [-0.15, -0.1) is 12.4 Å². The van der Waals surface area contributed by atoms with E-state index in [1.165, 1.54) is 0 Å². The van der Waals surface area contributed by atoms with E-state index in [9.17, 15) is 19.5 Å². The molecule has 3 amide bonds. The molecule has 1 atom stereocenters. The number of para-hydroxylation sites is 1. The largest absolute Gasteiger partial charge is 0.493 e. The Hall–Kier alpha value is -2.36. The third-order valence-electron chi connectivity index (χ3n) is 9.08. The fourth-order valence-electron chi connectivity index (χ4n) is 6.63. The van der Waals surface area contributed by atoms with Gasteiger partial charge >= 0.3 is 0 Å². The van der Waals surface area contributed by atoms with Gasteiger partial charge in [-0.05, 0) is 63.6 Å². The summed E-state index contributed by atoms with van der Waals surface area (Å²) in [6.07, 6.45) is 9.66. The summed E-state index contributed by atoms with van der Waals surface area (Å²) in [6.45, 7) is 5.65. The van der Waals surface area contributed by atoms with Crippen molar-refractivity contribution in [2.75, 3.05) is 39.8 Å². The van der Waals surface area contributed by atoms with Crippen LogP contribution in [-0.2, 0) is 9.59 Å². The number of aliphatic hydroxyl groups is 1. The summed E-state index contributed by atoms with van der Waals surface area (Å²) in [7, 11) is 1.61. The topological polar surface area (TPSA) is 111 Å². The molecule has 3 N–H and O–H groups in total. The molecule has 0 bridgehead atoms. The van der Waals surface area contributed by atoms with E-state index in [1.807, 2.05) is 23.1 Å². The lowest BCUT2D eigenvalue weighted by Gasteiger charge is -2.52. The SMILES string of the molecule is CCCCN1C(=O)[C@@H](CC2(O)CCCCC2)NC(=O)C12CCN(CCCCOc1ccccc1C(=O)NC)CC2.Cl. The number of hydrogen-bond acceptors (Lipinski definition) is 6. The molecule has 2 aliphatic heterocycles. The molecule has 2 saturated heterocycles. The van der Waals surface area contributed by atoms with Crippen LogP contribution in [0.15, 0.2) is 24.3 Å². The highest BCUT2D eigenvalue weighted by Gasteiger charge is 2.54. The predicted octanol–water partition coefficient (Wildman–Crippen LogP) is 3.67. The number of unbranched alkanes of at least 4 members (excludes halogenated alkanes) is 2. The van der Waals surface area contributed by atoms with Crippen LogP contribution >= 0.6 is 12.4 Å². The third-order valence-corrected chi connectivity index (χ3v) is 9.08. The van der Waals surface area contributed by atoms with Gasteiger partial charge in [0.05, 0.1) is 17.8 Å². The molecule has 1 aromatic rings. The molecule has 2 heterocycles. The highest BCUT2D eigenvalue weighted by Crippen LogP contribution is 2.37. The van der Waals surface area contributed by atoms with Crippen molar-refractivity contribution in [1.82, 2.24) is 20.4 Å². The molecule has 41 heavy (non-hydrogen) atoms. The summed E-state index contributed by atoms with van der Waals surface area (Å²) in [5.74, 6) is 0.369. The zero-order chi connectivity index (χ0) is 28.6. The number of amides is 3. The Morgan fingerprint density at radius 2 is 1.76 bits per heavy atom. The van der Waals surface area contributed by atoms with Crippen molar-refractivity contribution in [3.05, 3.63) is 29.8 Å². The molecule has 10 heteroatoms. The number of rotatable bonds is 12. The van der Waals surface area contributed by atoms with Gasteiger partial charge in [0.25, 0.3) is 5.91 Å². The standard InChI is InChI=1S/C31H48N4O5.ClH/c1-3-4-19-35-28(37)25(23-30(39)14-8-5-9-15-30)33-29(38)31(35)16-20-34(21-17-31)18-10-11-22-40-26-13-7-6-12-24(26)27(36)32-2;/h6-7,12-13,25,39H,3-5,8-11,14-23H2,1-2H3,(H,32,36)(H,33,38);1H/t25-;/m1./s1. The molecule has 0 radical (unpaired) electrons. The fraction of sp³-hybridized carbons (Fsp3) is 0.710. The molecule has 3 aliphatic rings. The Labute approximate surface area is 251 Å². The molecule has 0 aromatic heterocycles. The molecule has 230 valence electrons. The summed E-state index contributed by atoms with van der Waals surface area (Å²) in [5.41, 5.74) is -1.11. The van der Waals surface area contributed by atoms with E-state index < -0.39 is 17.2 Å². The minimum atomic E-state index is -0.857. The number of carbonyl (C=O) groups excluding carboxylic acids is 3. The average Bonchev–Trinajstić information content (AvgIpc) is 2.96. The average molecular weight is 593 g/mol. The van der Waals surface area contributed by atoms with Crippen molar-refractivity contribution in [2.45, 2.75) is 101 Å². The summed E-state index contributed by atoms with van der Waals surface area (Å²) < 4.78 is 5.89. The van der Waals surface area contributed by atoms with Crippen molar-refractivity contribution >= 4 is 30.1 Å². The number of benzene rings is 1. The van der Waals surface area contributed by atoms with Crippen molar-refractivity contribution in [3.8, 4) is 5.75 Å². The van der Waals surface area contributed by atoms with Crippen LogP contribution < -0.4 is 15.4 Å². The minimum absolute atomic E-state index is 0. The van der Waals surface area contributed by atoms with Crippen LogP contribution in [0.5, 0.6) is 5.75 Å². The van der Waals surface area contributed by atoms with E-state index in [0.717, 1.165) is 64.6 Å². The van der Waals surface area contributed by atoms with Gasteiger partial charge in [0, 0.05) is 33.1 Å². The van der Waals surface area contributed by atoms with E-state index in [4.69, 9.17) is 4.74 Å². The number of hydrogen-bond donors (Lipinski definition) is 3.